The first-order chi connectivity index (χ1) is 9.44. The topological polar surface area (TPSA) is 64.6 Å². The smallest absolute Gasteiger partial charge is 0.262 e. The molecule has 0 bridgehead atoms. The van der Waals surface area contributed by atoms with Crippen molar-refractivity contribution in [2.24, 2.45) is 0 Å². The van der Waals surface area contributed by atoms with Gasteiger partial charge in [-0.15, -0.1) is 0 Å². The summed E-state index contributed by atoms with van der Waals surface area (Å²) in [5, 5.41) is 0. The van der Waals surface area contributed by atoms with E-state index in [-0.39, 0.29) is 11.0 Å². The van der Waals surface area contributed by atoms with Gasteiger partial charge in [-0.25, -0.2) is 8.42 Å². The van der Waals surface area contributed by atoms with E-state index in [0.717, 1.165) is 31.2 Å². The van der Waals surface area contributed by atoms with Crippen LogP contribution in [0.1, 0.15) is 36.8 Å². The maximum Gasteiger partial charge on any atom is 0.262 e. The fourth-order valence-electron chi connectivity index (χ4n) is 2.46. The van der Waals surface area contributed by atoms with E-state index < -0.39 is 10.0 Å². The molecule has 1 saturated carbocycles. The van der Waals surface area contributed by atoms with Crippen molar-refractivity contribution in [3.63, 3.8) is 0 Å². The lowest BCUT2D eigenvalue weighted by molar-refractivity contribution is 0.0223. The van der Waals surface area contributed by atoms with E-state index in [1.165, 1.54) is 0 Å². The summed E-state index contributed by atoms with van der Waals surface area (Å²) in [5.41, 5.74) is 1.41. The van der Waals surface area contributed by atoms with Crippen LogP contribution in [0.25, 0.3) is 0 Å². The van der Waals surface area contributed by atoms with Crippen LogP contribution in [0.2, 0.25) is 0 Å². The zero-order chi connectivity index (χ0) is 14.8. The van der Waals surface area contributed by atoms with Crippen molar-refractivity contribution >= 4 is 10.0 Å². The number of ether oxygens (including phenoxy) is 1. The van der Waals surface area contributed by atoms with Crippen LogP contribution in [0.3, 0.4) is 0 Å². The zero-order valence-corrected chi connectivity index (χ0v) is 12.9. The molecule has 1 aromatic rings. The standard InChI is InChI=1S/C14H21NO4S/c1-10-9-14(11(2)8-13(10)18-3)20(16,17)15-19-12-6-4-5-7-12/h8-9,12,15H,4-7H2,1-3H3. The minimum Gasteiger partial charge on any atom is -0.496 e. The van der Waals surface area contributed by atoms with Crippen molar-refractivity contribution in [1.82, 2.24) is 4.89 Å². The molecule has 0 heterocycles. The molecular formula is C14H21NO4S. The predicted octanol–water partition coefficient (Wildman–Crippen LogP) is 2.46. The molecule has 1 N–H and O–H groups in total. The summed E-state index contributed by atoms with van der Waals surface area (Å²) in [6.07, 6.45) is 3.98. The Kier molecular flexibility index (Phi) is 4.67. The van der Waals surface area contributed by atoms with Gasteiger partial charge in [0.2, 0.25) is 0 Å². The molecule has 6 heteroatoms. The first-order valence-electron chi connectivity index (χ1n) is 6.76. The summed E-state index contributed by atoms with van der Waals surface area (Å²) < 4.78 is 29.8. The average molecular weight is 299 g/mol. The third kappa shape index (κ3) is 3.31. The highest BCUT2D eigenvalue weighted by atomic mass is 32.2. The molecule has 0 aliphatic heterocycles. The van der Waals surface area contributed by atoms with Crippen LogP contribution in [0.5, 0.6) is 5.75 Å². The molecule has 20 heavy (non-hydrogen) atoms. The van der Waals surface area contributed by atoms with E-state index in [1.807, 2.05) is 6.92 Å². The Morgan fingerprint density at radius 2 is 1.80 bits per heavy atom. The van der Waals surface area contributed by atoms with Crippen molar-refractivity contribution < 1.29 is 18.0 Å². The summed E-state index contributed by atoms with van der Waals surface area (Å²) in [6, 6.07) is 3.33. The highest BCUT2D eigenvalue weighted by Crippen LogP contribution is 2.26. The zero-order valence-electron chi connectivity index (χ0n) is 12.1. The molecule has 112 valence electrons. The van der Waals surface area contributed by atoms with Crippen LogP contribution in [0, 0.1) is 13.8 Å². The van der Waals surface area contributed by atoms with Crippen LogP contribution >= 0.6 is 0 Å². The van der Waals surface area contributed by atoms with Gasteiger partial charge in [0.1, 0.15) is 5.75 Å². The third-order valence-corrected chi connectivity index (χ3v) is 4.94. The summed E-state index contributed by atoms with van der Waals surface area (Å²) in [7, 11) is -2.09. The number of aryl methyl sites for hydroxylation is 2. The first kappa shape index (κ1) is 15.3. The second-order valence-electron chi connectivity index (χ2n) is 5.20. The normalized spacial score (nSPS) is 16.6. The number of nitrogens with one attached hydrogen (secondary N) is 1. The fourth-order valence-corrected chi connectivity index (χ4v) is 3.62. The Hall–Kier alpha value is -1.11. The molecule has 5 nitrogen and oxygen atoms in total. The number of hydrogen-bond acceptors (Lipinski definition) is 4. The average Bonchev–Trinajstić information content (AvgIpc) is 2.92. The van der Waals surface area contributed by atoms with E-state index in [4.69, 9.17) is 9.57 Å². The Balaban J connectivity index is 2.18. The number of rotatable bonds is 5. The Morgan fingerprint density at radius 1 is 1.15 bits per heavy atom. The molecule has 0 radical (unpaired) electrons. The molecule has 1 fully saturated rings. The van der Waals surface area contributed by atoms with Crippen molar-refractivity contribution in [2.75, 3.05) is 7.11 Å². The molecule has 0 atom stereocenters. The second-order valence-corrected chi connectivity index (χ2v) is 6.81. The van der Waals surface area contributed by atoms with Gasteiger partial charge in [-0.1, -0.05) is 17.7 Å². The molecule has 0 spiro atoms. The monoisotopic (exact) mass is 299 g/mol. The van der Waals surface area contributed by atoms with Gasteiger partial charge >= 0.3 is 0 Å². The van der Waals surface area contributed by atoms with E-state index in [9.17, 15) is 8.42 Å². The minimum atomic E-state index is -3.65. The lowest BCUT2D eigenvalue weighted by atomic mass is 10.1. The highest BCUT2D eigenvalue weighted by molar-refractivity contribution is 7.89. The summed E-state index contributed by atoms with van der Waals surface area (Å²) in [4.78, 5) is 7.79. The highest BCUT2D eigenvalue weighted by Gasteiger charge is 2.22. The van der Waals surface area contributed by atoms with Crippen LogP contribution in [0.4, 0.5) is 0 Å². The van der Waals surface area contributed by atoms with Gasteiger partial charge in [-0.3, -0.25) is 4.84 Å². The van der Waals surface area contributed by atoms with Crippen molar-refractivity contribution in [1.29, 1.82) is 0 Å². The number of hydrogen-bond donors (Lipinski definition) is 1. The predicted molar refractivity (Wildman–Crippen MR) is 76.1 cm³/mol. The summed E-state index contributed by atoms with van der Waals surface area (Å²) in [5.74, 6) is 0.679. The number of benzene rings is 1. The SMILES string of the molecule is COc1cc(C)c(S(=O)(=O)NOC2CCCC2)cc1C. The molecule has 1 aromatic carbocycles. The van der Waals surface area contributed by atoms with Crippen LogP contribution < -0.4 is 9.62 Å². The molecule has 1 aliphatic rings. The Morgan fingerprint density at radius 3 is 2.40 bits per heavy atom. The molecule has 2 rings (SSSR count). The number of methoxy groups -OCH3 is 1. The van der Waals surface area contributed by atoms with Gasteiger partial charge in [0.15, 0.2) is 0 Å². The summed E-state index contributed by atoms with van der Waals surface area (Å²) >= 11 is 0. The first-order valence-corrected chi connectivity index (χ1v) is 8.25. The van der Waals surface area contributed by atoms with Gasteiger partial charge in [-0.05, 0) is 49.9 Å². The molecule has 0 unspecified atom stereocenters. The van der Waals surface area contributed by atoms with E-state index in [1.54, 1.807) is 26.2 Å². The molecule has 0 aromatic heterocycles. The Bertz CT molecular complexity index is 577. The van der Waals surface area contributed by atoms with E-state index >= 15 is 0 Å². The van der Waals surface area contributed by atoms with E-state index in [2.05, 4.69) is 4.89 Å². The third-order valence-electron chi connectivity index (χ3n) is 3.61. The quantitative estimate of drug-likeness (QED) is 0.848. The molecule has 1 aliphatic carbocycles. The Labute approximate surface area is 120 Å². The van der Waals surface area contributed by atoms with Crippen molar-refractivity contribution in [2.45, 2.75) is 50.5 Å². The minimum absolute atomic E-state index is 0.00979. The number of sulfonamides is 1. The fraction of sp³-hybridized carbons (Fsp3) is 0.571. The van der Waals surface area contributed by atoms with Crippen LogP contribution in [-0.2, 0) is 14.9 Å². The van der Waals surface area contributed by atoms with Crippen LogP contribution in [0.15, 0.2) is 17.0 Å². The lowest BCUT2D eigenvalue weighted by Gasteiger charge is -2.15. The maximum atomic E-state index is 12.3. The second kappa shape index (κ2) is 6.11. The van der Waals surface area contributed by atoms with Gasteiger partial charge < -0.3 is 4.74 Å². The van der Waals surface area contributed by atoms with Crippen molar-refractivity contribution in [3.8, 4) is 5.75 Å². The molecule has 0 saturated heterocycles. The van der Waals surface area contributed by atoms with Gasteiger partial charge in [0, 0.05) is 0 Å². The molecule has 0 amide bonds. The van der Waals surface area contributed by atoms with Crippen molar-refractivity contribution in [3.05, 3.63) is 23.3 Å². The van der Waals surface area contributed by atoms with Gasteiger partial charge in [0.25, 0.3) is 10.0 Å². The van der Waals surface area contributed by atoms with E-state index in [0.29, 0.717) is 11.3 Å². The largest absolute Gasteiger partial charge is 0.496 e. The summed E-state index contributed by atoms with van der Waals surface area (Å²) in [6.45, 7) is 3.56. The lowest BCUT2D eigenvalue weighted by Crippen LogP contribution is -2.29. The van der Waals surface area contributed by atoms with Crippen LogP contribution in [-0.4, -0.2) is 21.6 Å². The molecular weight excluding hydrogens is 278 g/mol. The van der Waals surface area contributed by atoms with Gasteiger partial charge in [0.05, 0.1) is 18.1 Å². The van der Waals surface area contributed by atoms with Gasteiger partial charge in [-0.2, -0.15) is 0 Å². The maximum absolute atomic E-state index is 12.3.